The fourth-order valence-corrected chi connectivity index (χ4v) is 3.51. The molecule has 132 valence electrons. The van der Waals surface area contributed by atoms with Gasteiger partial charge < -0.3 is 5.32 Å². The van der Waals surface area contributed by atoms with Crippen molar-refractivity contribution in [1.82, 2.24) is 5.32 Å². The van der Waals surface area contributed by atoms with E-state index in [1.165, 1.54) is 5.56 Å². The lowest BCUT2D eigenvalue weighted by Crippen LogP contribution is -2.34. The summed E-state index contributed by atoms with van der Waals surface area (Å²) < 4.78 is 0. The molecular weight excluding hydrogens is 304 g/mol. The Bertz CT molecular complexity index is 657. The maximum atomic E-state index is 9.93. The average Bonchev–Trinajstić information content (AvgIpc) is 2.63. The van der Waals surface area contributed by atoms with Crippen LogP contribution >= 0.6 is 0 Å². The van der Waals surface area contributed by atoms with Gasteiger partial charge in [-0.2, -0.15) is 5.26 Å². The van der Waals surface area contributed by atoms with Gasteiger partial charge in [-0.05, 0) is 49.8 Å². The van der Waals surface area contributed by atoms with Gasteiger partial charge in [0.15, 0.2) is 0 Å². The van der Waals surface area contributed by atoms with Gasteiger partial charge in [-0.1, -0.05) is 74.5 Å². The summed E-state index contributed by atoms with van der Waals surface area (Å²) in [6.07, 6.45) is 2.92. The molecule has 0 saturated heterocycles. The molecular formula is C23H30N2. The second-order valence-corrected chi connectivity index (χ2v) is 7.25. The van der Waals surface area contributed by atoms with E-state index in [4.69, 9.17) is 0 Å². The third-order valence-corrected chi connectivity index (χ3v) is 5.10. The van der Waals surface area contributed by atoms with Gasteiger partial charge in [0.25, 0.3) is 0 Å². The molecule has 0 aliphatic rings. The van der Waals surface area contributed by atoms with Crippen molar-refractivity contribution in [1.29, 1.82) is 5.26 Å². The van der Waals surface area contributed by atoms with Crippen molar-refractivity contribution in [2.75, 3.05) is 6.54 Å². The predicted molar refractivity (Wildman–Crippen MR) is 105 cm³/mol. The lowest BCUT2D eigenvalue weighted by atomic mass is 9.70. The fraction of sp³-hybridized carbons (Fsp3) is 0.435. The van der Waals surface area contributed by atoms with Gasteiger partial charge in [-0.3, -0.25) is 0 Å². The quantitative estimate of drug-likeness (QED) is 0.647. The van der Waals surface area contributed by atoms with E-state index in [9.17, 15) is 5.26 Å². The molecule has 0 aliphatic carbocycles. The zero-order valence-corrected chi connectivity index (χ0v) is 15.7. The zero-order valence-electron chi connectivity index (χ0n) is 15.7. The van der Waals surface area contributed by atoms with E-state index < -0.39 is 5.41 Å². The maximum Gasteiger partial charge on any atom is 0.0845 e. The Kier molecular flexibility index (Phi) is 7.22. The molecule has 2 nitrogen and oxygen atoms in total. The molecule has 2 heteroatoms. The van der Waals surface area contributed by atoms with E-state index >= 15 is 0 Å². The first-order valence-corrected chi connectivity index (χ1v) is 9.32. The van der Waals surface area contributed by atoms with E-state index in [1.807, 2.05) is 18.2 Å². The highest BCUT2D eigenvalue weighted by Crippen LogP contribution is 2.36. The smallest absolute Gasteiger partial charge is 0.0845 e. The minimum Gasteiger partial charge on any atom is -0.314 e. The molecule has 0 amide bonds. The van der Waals surface area contributed by atoms with Gasteiger partial charge in [0.1, 0.15) is 0 Å². The lowest BCUT2D eigenvalue weighted by molar-refractivity contribution is 0.353. The van der Waals surface area contributed by atoms with Crippen LogP contribution in [0.3, 0.4) is 0 Å². The van der Waals surface area contributed by atoms with Crippen LogP contribution < -0.4 is 5.32 Å². The second kappa shape index (κ2) is 9.39. The summed E-state index contributed by atoms with van der Waals surface area (Å²) in [5.74, 6) is 0.293. The summed E-state index contributed by atoms with van der Waals surface area (Å²) in [5, 5.41) is 13.5. The monoisotopic (exact) mass is 334 g/mol. The molecule has 0 saturated carbocycles. The van der Waals surface area contributed by atoms with E-state index in [-0.39, 0.29) is 0 Å². The van der Waals surface area contributed by atoms with E-state index in [1.54, 1.807) is 0 Å². The first-order valence-electron chi connectivity index (χ1n) is 9.32. The van der Waals surface area contributed by atoms with Crippen LogP contribution in [-0.4, -0.2) is 12.6 Å². The van der Waals surface area contributed by atoms with Crippen LogP contribution in [0.15, 0.2) is 60.7 Å². The summed E-state index contributed by atoms with van der Waals surface area (Å²) in [5.41, 5.74) is 2.11. The molecule has 25 heavy (non-hydrogen) atoms. The Morgan fingerprint density at radius 1 is 0.960 bits per heavy atom. The number of benzene rings is 2. The number of nitrogens with one attached hydrogen (secondary N) is 1. The molecule has 1 N–H and O–H groups in total. The first-order chi connectivity index (χ1) is 12.1. The normalized spacial score (nSPS) is 14.7. The third-order valence-electron chi connectivity index (χ3n) is 5.10. The van der Waals surface area contributed by atoms with Crippen LogP contribution in [0.1, 0.15) is 44.7 Å². The van der Waals surface area contributed by atoms with Crippen LogP contribution in [0.25, 0.3) is 0 Å². The largest absolute Gasteiger partial charge is 0.314 e. The molecule has 0 aliphatic heterocycles. The van der Waals surface area contributed by atoms with Crippen molar-refractivity contribution >= 4 is 0 Å². The van der Waals surface area contributed by atoms with Crippen molar-refractivity contribution < 1.29 is 0 Å². The molecule has 0 spiro atoms. The molecule has 0 heterocycles. The van der Waals surface area contributed by atoms with E-state index in [0.717, 1.165) is 31.4 Å². The summed E-state index contributed by atoms with van der Waals surface area (Å²) in [6, 6.07) is 23.9. The molecule has 0 fully saturated rings. The van der Waals surface area contributed by atoms with Gasteiger partial charge in [-0.15, -0.1) is 0 Å². The summed E-state index contributed by atoms with van der Waals surface area (Å²) in [7, 11) is 0. The van der Waals surface area contributed by atoms with Crippen molar-refractivity contribution in [3.05, 3.63) is 71.8 Å². The molecule has 2 aromatic carbocycles. The Balaban J connectivity index is 1.88. The molecule has 2 atom stereocenters. The van der Waals surface area contributed by atoms with Gasteiger partial charge in [0.2, 0.25) is 0 Å². The average molecular weight is 335 g/mol. The molecule has 2 unspecified atom stereocenters. The standard InChI is InChI=1S/C23H30N2/c1-19(2)23(18-24,22-13-8-5-9-14-22)15-10-16-25-20(3)17-21-11-6-4-7-12-21/h4-9,11-14,19-20,25H,10,15-17H2,1-3H3. The van der Waals surface area contributed by atoms with E-state index in [2.05, 4.69) is 74.6 Å². The van der Waals surface area contributed by atoms with Crippen molar-refractivity contribution in [3.63, 3.8) is 0 Å². The third kappa shape index (κ3) is 5.18. The second-order valence-electron chi connectivity index (χ2n) is 7.25. The van der Waals surface area contributed by atoms with Gasteiger partial charge in [-0.25, -0.2) is 0 Å². The van der Waals surface area contributed by atoms with Crippen LogP contribution in [0, 0.1) is 17.2 Å². The number of hydrogen-bond donors (Lipinski definition) is 1. The Morgan fingerprint density at radius 3 is 2.12 bits per heavy atom. The predicted octanol–water partition coefficient (Wildman–Crippen LogP) is 5.10. The molecule has 0 radical (unpaired) electrons. The molecule has 2 rings (SSSR count). The highest BCUT2D eigenvalue weighted by Gasteiger charge is 2.35. The number of hydrogen-bond acceptors (Lipinski definition) is 2. The Hall–Kier alpha value is -2.11. The number of nitrogens with zero attached hydrogens (tertiary/aromatic N) is 1. The fourth-order valence-electron chi connectivity index (χ4n) is 3.51. The van der Waals surface area contributed by atoms with Crippen LogP contribution in [-0.2, 0) is 11.8 Å². The summed E-state index contributed by atoms with van der Waals surface area (Å²) in [6.45, 7) is 7.48. The van der Waals surface area contributed by atoms with Crippen molar-refractivity contribution in [2.24, 2.45) is 5.92 Å². The topological polar surface area (TPSA) is 35.8 Å². The number of nitriles is 1. The highest BCUT2D eigenvalue weighted by atomic mass is 14.9. The molecule has 0 aromatic heterocycles. The van der Waals surface area contributed by atoms with Crippen molar-refractivity contribution in [3.8, 4) is 6.07 Å². The van der Waals surface area contributed by atoms with Gasteiger partial charge in [0, 0.05) is 6.04 Å². The minimum atomic E-state index is -0.397. The SMILES string of the molecule is CC(Cc1ccccc1)NCCCC(C#N)(c1ccccc1)C(C)C. The highest BCUT2D eigenvalue weighted by molar-refractivity contribution is 5.33. The molecule has 0 bridgehead atoms. The summed E-state index contributed by atoms with van der Waals surface area (Å²) >= 11 is 0. The van der Waals surface area contributed by atoms with Crippen LogP contribution in [0.2, 0.25) is 0 Å². The first kappa shape index (κ1) is 19.2. The van der Waals surface area contributed by atoms with Gasteiger partial charge in [0.05, 0.1) is 11.5 Å². The molecule has 2 aromatic rings. The van der Waals surface area contributed by atoms with Crippen LogP contribution in [0.5, 0.6) is 0 Å². The minimum absolute atomic E-state index is 0.293. The number of rotatable bonds is 9. The van der Waals surface area contributed by atoms with Crippen molar-refractivity contribution in [2.45, 2.75) is 51.5 Å². The lowest BCUT2D eigenvalue weighted by Gasteiger charge is -2.31. The van der Waals surface area contributed by atoms with E-state index in [0.29, 0.717) is 12.0 Å². The Morgan fingerprint density at radius 2 is 1.56 bits per heavy atom. The van der Waals surface area contributed by atoms with Crippen LogP contribution in [0.4, 0.5) is 0 Å². The maximum absolute atomic E-state index is 9.93. The van der Waals surface area contributed by atoms with Gasteiger partial charge >= 0.3 is 0 Å². The summed E-state index contributed by atoms with van der Waals surface area (Å²) in [4.78, 5) is 0. The Labute approximate surface area is 152 Å². The zero-order chi connectivity index (χ0) is 18.1.